The Morgan fingerprint density at radius 2 is 1.82 bits per heavy atom. The van der Waals surface area contributed by atoms with Crippen molar-refractivity contribution in [1.82, 2.24) is 9.88 Å². The van der Waals surface area contributed by atoms with Crippen LogP contribution in [0.2, 0.25) is 0 Å². The second-order valence-electron chi connectivity index (χ2n) is 6.83. The SMILES string of the molecule is CCOC(=O)N1CCN(c2cc(C(=O)Nc3ccc(C)c(C)c3)ccn2)CC1. The summed E-state index contributed by atoms with van der Waals surface area (Å²) in [6, 6.07) is 9.35. The summed E-state index contributed by atoms with van der Waals surface area (Å²) in [5.41, 5.74) is 3.64. The van der Waals surface area contributed by atoms with Crippen LogP contribution in [0.15, 0.2) is 36.5 Å². The number of hydrogen-bond donors (Lipinski definition) is 1. The van der Waals surface area contributed by atoms with Gasteiger partial charge in [0.1, 0.15) is 5.82 Å². The predicted molar refractivity (Wildman–Crippen MR) is 109 cm³/mol. The maximum Gasteiger partial charge on any atom is 0.409 e. The van der Waals surface area contributed by atoms with Crippen molar-refractivity contribution in [3.8, 4) is 0 Å². The summed E-state index contributed by atoms with van der Waals surface area (Å²) >= 11 is 0. The number of pyridine rings is 1. The first kappa shape index (κ1) is 19.7. The maximum absolute atomic E-state index is 12.6. The third-order valence-corrected chi connectivity index (χ3v) is 4.90. The third-order valence-electron chi connectivity index (χ3n) is 4.90. The van der Waals surface area contributed by atoms with Gasteiger partial charge in [0.15, 0.2) is 0 Å². The largest absolute Gasteiger partial charge is 0.450 e. The third kappa shape index (κ3) is 4.60. The van der Waals surface area contributed by atoms with Crippen LogP contribution in [0, 0.1) is 13.8 Å². The van der Waals surface area contributed by atoms with Crippen molar-refractivity contribution in [2.75, 3.05) is 43.0 Å². The molecule has 0 atom stereocenters. The number of carbonyl (C=O) groups is 2. The molecular formula is C21H26N4O3. The number of hydrogen-bond acceptors (Lipinski definition) is 5. The molecule has 0 saturated carbocycles. The van der Waals surface area contributed by atoms with E-state index in [4.69, 9.17) is 4.74 Å². The molecule has 1 N–H and O–H groups in total. The average molecular weight is 382 g/mol. The Kier molecular flexibility index (Phi) is 6.13. The molecule has 1 saturated heterocycles. The number of anilines is 2. The molecule has 1 fully saturated rings. The summed E-state index contributed by atoms with van der Waals surface area (Å²) in [6.07, 6.45) is 1.36. The average Bonchev–Trinajstić information content (AvgIpc) is 2.71. The van der Waals surface area contributed by atoms with Gasteiger partial charge in [-0.3, -0.25) is 4.79 Å². The van der Waals surface area contributed by atoms with Gasteiger partial charge in [0.05, 0.1) is 6.61 Å². The van der Waals surface area contributed by atoms with Crippen LogP contribution in [0.4, 0.5) is 16.3 Å². The Labute approximate surface area is 165 Å². The fraction of sp³-hybridized carbons (Fsp3) is 0.381. The molecule has 7 heteroatoms. The molecule has 1 aromatic heterocycles. The molecule has 0 bridgehead atoms. The zero-order valence-corrected chi connectivity index (χ0v) is 16.6. The molecule has 0 aliphatic carbocycles. The molecule has 2 amide bonds. The maximum atomic E-state index is 12.6. The van der Waals surface area contributed by atoms with Crippen LogP contribution in [0.25, 0.3) is 0 Å². The summed E-state index contributed by atoms with van der Waals surface area (Å²) in [6.45, 7) is 8.66. The minimum Gasteiger partial charge on any atom is -0.450 e. The van der Waals surface area contributed by atoms with Gasteiger partial charge >= 0.3 is 6.09 Å². The van der Waals surface area contributed by atoms with Gasteiger partial charge in [-0.05, 0) is 56.2 Å². The molecule has 0 unspecified atom stereocenters. The fourth-order valence-corrected chi connectivity index (χ4v) is 3.09. The first-order valence-corrected chi connectivity index (χ1v) is 9.49. The number of nitrogens with one attached hydrogen (secondary N) is 1. The minimum atomic E-state index is -0.281. The normalized spacial score (nSPS) is 14.0. The van der Waals surface area contributed by atoms with Crippen molar-refractivity contribution < 1.29 is 14.3 Å². The second-order valence-corrected chi connectivity index (χ2v) is 6.83. The smallest absolute Gasteiger partial charge is 0.409 e. The Morgan fingerprint density at radius 3 is 2.50 bits per heavy atom. The number of carbonyl (C=O) groups excluding carboxylic acids is 2. The van der Waals surface area contributed by atoms with Crippen LogP contribution in [0.5, 0.6) is 0 Å². The standard InChI is InChI=1S/C21H26N4O3/c1-4-28-21(27)25-11-9-24(10-12-25)19-14-17(7-8-22-19)20(26)23-18-6-5-15(2)16(3)13-18/h5-8,13-14H,4,9-12H2,1-3H3,(H,23,26). The lowest BCUT2D eigenvalue weighted by Gasteiger charge is -2.34. The molecule has 0 spiro atoms. The van der Waals surface area contributed by atoms with E-state index in [1.807, 2.05) is 32.0 Å². The molecule has 3 rings (SSSR count). The highest BCUT2D eigenvalue weighted by Gasteiger charge is 2.23. The van der Waals surface area contributed by atoms with Crippen LogP contribution in [-0.4, -0.2) is 54.7 Å². The number of rotatable bonds is 4. The Morgan fingerprint density at radius 1 is 1.07 bits per heavy atom. The molecule has 7 nitrogen and oxygen atoms in total. The van der Waals surface area contributed by atoms with E-state index in [0.717, 1.165) is 17.1 Å². The molecule has 2 heterocycles. The second kappa shape index (κ2) is 8.73. The van der Waals surface area contributed by atoms with Crippen LogP contribution in [0.1, 0.15) is 28.4 Å². The summed E-state index contributed by atoms with van der Waals surface area (Å²) < 4.78 is 5.05. The van der Waals surface area contributed by atoms with Gasteiger partial charge in [-0.15, -0.1) is 0 Å². The lowest BCUT2D eigenvalue weighted by molar-refractivity contribution is 0.102. The van der Waals surface area contributed by atoms with Crippen molar-refractivity contribution in [2.24, 2.45) is 0 Å². The number of aryl methyl sites for hydroxylation is 2. The lowest BCUT2D eigenvalue weighted by Crippen LogP contribution is -2.49. The minimum absolute atomic E-state index is 0.169. The monoisotopic (exact) mass is 382 g/mol. The van der Waals surface area contributed by atoms with Crippen LogP contribution >= 0.6 is 0 Å². The van der Waals surface area contributed by atoms with Crippen molar-refractivity contribution in [2.45, 2.75) is 20.8 Å². The highest BCUT2D eigenvalue weighted by Crippen LogP contribution is 2.18. The van der Waals surface area contributed by atoms with E-state index in [-0.39, 0.29) is 12.0 Å². The van der Waals surface area contributed by atoms with Gasteiger partial charge in [-0.25, -0.2) is 9.78 Å². The first-order chi connectivity index (χ1) is 13.5. The molecule has 0 radical (unpaired) electrons. The molecule has 1 aromatic carbocycles. The summed E-state index contributed by atoms with van der Waals surface area (Å²) in [5.74, 6) is 0.563. The number of ether oxygens (including phenoxy) is 1. The van der Waals surface area contributed by atoms with E-state index in [2.05, 4.69) is 15.2 Å². The van der Waals surface area contributed by atoms with E-state index < -0.39 is 0 Å². The van der Waals surface area contributed by atoms with Gasteiger partial charge in [-0.1, -0.05) is 6.07 Å². The van der Waals surface area contributed by atoms with Gasteiger partial charge in [0, 0.05) is 43.6 Å². The number of piperazine rings is 1. The quantitative estimate of drug-likeness (QED) is 0.879. The number of benzene rings is 1. The zero-order valence-electron chi connectivity index (χ0n) is 16.6. The zero-order chi connectivity index (χ0) is 20.1. The van der Waals surface area contributed by atoms with Gasteiger partial charge in [0.2, 0.25) is 0 Å². The predicted octanol–water partition coefficient (Wildman–Crippen LogP) is 3.23. The molecule has 2 aromatic rings. The Balaban J connectivity index is 1.64. The number of nitrogens with zero attached hydrogens (tertiary/aromatic N) is 3. The van der Waals surface area contributed by atoms with Crippen LogP contribution in [-0.2, 0) is 4.74 Å². The summed E-state index contributed by atoms with van der Waals surface area (Å²) in [5, 5.41) is 2.94. The van der Waals surface area contributed by atoms with Crippen molar-refractivity contribution >= 4 is 23.5 Å². The fourth-order valence-electron chi connectivity index (χ4n) is 3.09. The molecule has 28 heavy (non-hydrogen) atoms. The molecular weight excluding hydrogens is 356 g/mol. The van der Waals surface area contributed by atoms with E-state index >= 15 is 0 Å². The summed E-state index contributed by atoms with van der Waals surface area (Å²) in [7, 11) is 0. The lowest BCUT2D eigenvalue weighted by atomic mass is 10.1. The van der Waals surface area contributed by atoms with E-state index in [9.17, 15) is 9.59 Å². The number of amides is 2. The van der Waals surface area contributed by atoms with Gasteiger partial charge in [0.25, 0.3) is 5.91 Å². The molecule has 1 aliphatic rings. The topological polar surface area (TPSA) is 74.8 Å². The summed E-state index contributed by atoms with van der Waals surface area (Å²) in [4.78, 5) is 32.6. The Bertz CT molecular complexity index is 860. The first-order valence-electron chi connectivity index (χ1n) is 9.49. The van der Waals surface area contributed by atoms with Gasteiger partial charge in [-0.2, -0.15) is 0 Å². The van der Waals surface area contributed by atoms with Crippen molar-refractivity contribution in [1.29, 1.82) is 0 Å². The van der Waals surface area contributed by atoms with Crippen molar-refractivity contribution in [3.05, 3.63) is 53.2 Å². The van der Waals surface area contributed by atoms with Crippen LogP contribution < -0.4 is 10.2 Å². The molecule has 1 aliphatic heterocycles. The van der Waals surface area contributed by atoms with E-state index in [1.165, 1.54) is 5.56 Å². The van der Waals surface area contributed by atoms with E-state index in [1.54, 1.807) is 30.2 Å². The highest BCUT2D eigenvalue weighted by atomic mass is 16.6. The molecule has 148 valence electrons. The van der Waals surface area contributed by atoms with Crippen LogP contribution in [0.3, 0.4) is 0 Å². The van der Waals surface area contributed by atoms with Crippen molar-refractivity contribution in [3.63, 3.8) is 0 Å². The highest BCUT2D eigenvalue weighted by molar-refractivity contribution is 6.04. The number of aromatic nitrogens is 1. The Hall–Kier alpha value is -3.09. The van der Waals surface area contributed by atoms with Gasteiger partial charge < -0.3 is 19.9 Å². The van der Waals surface area contributed by atoms with E-state index in [0.29, 0.717) is 38.3 Å².